The molecule has 7 rings (SSSR count). The molecule has 0 spiro atoms. The molecule has 21 heavy (non-hydrogen) atoms. The van der Waals surface area contributed by atoms with Crippen LogP contribution in [0.25, 0.3) is 0 Å². The van der Waals surface area contributed by atoms with Crippen LogP contribution in [0.4, 0.5) is 0 Å². The molecule has 0 aliphatic heterocycles. The fraction of sp³-hybridized carbons (Fsp3) is 0.941. The molecule has 7 aliphatic carbocycles. The van der Waals surface area contributed by atoms with E-state index in [1.54, 1.807) is 43.4 Å². The van der Waals surface area contributed by atoms with Crippen LogP contribution in [0.2, 0.25) is 0 Å². The van der Waals surface area contributed by atoms with Gasteiger partial charge in [0.2, 0.25) is 0 Å². The van der Waals surface area contributed by atoms with Gasteiger partial charge in [-0.15, -0.1) is 12.6 Å². The molecule has 0 heterocycles. The zero-order valence-electron chi connectivity index (χ0n) is 12.7. The summed E-state index contributed by atoms with van der Waals surface area (Å²) in [6, 6.07) is 0. The Kier molecular flexibility index (Phi) is 5.60. The predicted molar refractivity (Wildman–Crippen MR) is 98.0 cm³/mol. The van der Waals surface area contributed by atoms with Crippen LogP contribution in [0.15, 0.2) is 0 Å². The van der Waals surface area contributed by atoms with Gasteiger partial charge in [0.15, 0.2) is 0 Å². The van der Waals surface area contributed by atoms with Crippen LogP contribution in [0.3, 0.4) is 0 Å². The van der Waals surface area contributed by atoms with Gasteiger partial charge in [-0.05, 0) is 85.9 Å². The fourth-order valence-corrected chi connectivity index (χ4v) is 6.89. The number of thiocarbonyl (C=S) groups is 1. The van der Waals surface area contributed by atoms with Crippen LogP contribution in [0.5, 0.6) is 0 Å². The molecule has 8 bridgehead atoms. The zero-order chi connectivity index (χ0) is 14.0. The van der Waals surface area contributed by atoms with Gasteiger partial charge >= 0.3 is 51.4 Å². The topological polar surface area (TPSA) is 3.24 Å². The monoisotopic (exact) mass is 349 g/mol. The van der Waals surface area contributed by atoms with Crippen LogP contribution in [-0.4, -0.2) is 74.7 Å². The molecule has 0 aromatic carbocycles. The van der Waals surface area contributed by atoms with Crippen molar-refractivity contribution in [3.05, 3.63) is 0 Å². The first-order chi connectivity index (χ1) is 9.54. The van der Waals surface area contributed by atoms with Gasteiger partial charge in [0.05, 0.1) is 0 Å². The van der Waals surface area contributed by atoms with Gasteiger partial charge in [-0.2, -0.15) is 0 Å². The van der Waals surface area contributed by atoms with Crippen LogP contribution in [0.1, 0.15) is 38.5 Å². The second-order valence-corrected chi connectivity index (χ2v) is 9.42. The Balaban J connectivity index is 0.000000167. The summed E-state index contributed by atoms with van der Waals surface area (Å²) in [6.07, 6.45) is 9.93. The van der Waals surface area contributed by atoms with Crippen molar-refractivity contribution in [3.63, 3.8) is 0 Å². The average molecular weight is 350 g/mol. The van der Waals surface area contributed by atoms with Gasteiger partial charge in [0.25, 0.3) is 0 Å². The molecule has 0 aromatic rings. The van der Waals surface area contributed by atoms with Gasteiger partial charge in [0, 0.05) is 14.1 Å². The number of nitrogens with zero attached hydrogens (tertiary/aromatic N) is 1. The number of rotatable bonds is 0. The van der Waals surface area contributed by atoms with Gasteiger partial charge in [0.1, 0.15) is 4.32 Å². The third kappa shape index (κ3) is 2.98. The molecule has 1 nitrogen and oxygen atoms in total. The molecular formula is C17H28KNS2. The summed E-state index contributed by atoms with van der Waals surface area (Å²) in [5, 5.41) is 0. The van der Waals surface area contributed by atoms with E-state index < -0.39 is 0 Å². The molecular weight excluding hydrogens is 321 g/mol. The SMILES string of the molecule is C1C2CC3C4CC5CC(C14)C(C2)C3C5.CN(C)C(=S)S.[KH]. The molecule has 0 unspecified atom stereocenters. The molecule has 0 N–H and O–H groups in total. The van der Waals surface area contributed by atoms with Crippen molar-refractivity contribution in [1.82, 2.24) is 4.90 Å². The van der Waals surface area contributed by atoms with E-state index in [0.29, 0.717) is 4.32 Å². The standard InChI is InChI=1S/C14H20.C3H7NS2.K.H/c1-7-2-12-10-4-8-5-11(9(1)10)13(3-7)14(12)6-8;1-4(2)3(5)6;;/h7-14H,1-6H2;1-2H3,(H,5,6);;. The molecule has 0 atom stereocenters. The van der Waals surface area contributed by atoms with E-state index >= 15 is 0 Å². The number of hydrogen-bond acceptors (Lipinski definition) is 1. The van der Waals surface area contributed by atoms with Crippen molar-refractivity contribution >= 4 is 80.6 Å². The Labute approximate surface area is 183 Å². The van der Waals surface area contributed by atoms with Gasteiger partial charge < -0.3 is 4.90 Å². The van der Waals surface area contributed by atoms with E-state index in [4.69, 9.17) is 0 Å². The molecule has 0 amide bonds. The first-order valence-electron chi connectivity index (χ1n) is 8.44. The summed E-state index contributed by atoms with van der Waals surface area (Å²) in [7, 11) is 3.71. The van der Waals surface area contributed by atoms with E-state index in [9.17, 15) is 0 Å². The molecule has 0 saturated heterocycles. The van der Waals surface area contributed by atoms with Crippen molar-refractivity contribution in [2.75, 3.05) is 14.1 Å². The molecule has 114 valence electrons. The molecule has 7 aliphatic rings. The maximum absolute atomic E-state index is 4.61. The van der Waals surface area contributed by atoms with Crippen molar-refractivity contribution in [2.45, 2.75) is 38.5 Å². The minimum absolute atomic E-state index is 0. The summed E-state index contributed by atoms with van der Waals surface area (Å²) >= 11 is 8.46. The summed E-state index contributed by atoms with van der Waals surface area (Å²) in [4.78, 5) is 1.76. The van der Waals surface area contributed by atoms with Gasteiger partial charge in [-0.1, -0.05) is 12.2 Å². The summed E-state index contributed by atoms with van der Waals surface area (Å²) in [6.45, 7) is 0. The summed E-state index contributed by atoms with van der Waals surface area (Å²) < 4.78 is 0.620. The van der Waals surface area contributed by atoms with Crippen LogP contribution < -0.4 is 0 Å². The van der Waals surface area contributed by atoms with Crippen LogP contribution in [-0.2, 0) is 0 Å². The van der Waals surface area contributed by atoms with Crippen molar-refractivity contribution in [1.29, 1.82) is 0 Å². The predicted octanol–water partition coefficient (Wildman–Crippen LogP) is 3.44. The van der Waals surface area contributed by atoms with Gasteiger partial charge in [-0.25, -0.2) is 0 Å². The number of hydrogen-bond donors (Lipinski definition) is 1. The van der Waals surface area contributed by atoms with E-state index in [1.165, 1.54) is 47.3 Å². The Morgan fingerprint density at radius 1 is 0.762 bits per heavy atom. The summed E-state index contributed by atoms with van der Waals surface area (Å²) in [5.74, 6) is 9.74. The van der Waals surface area contributed by atoms with E-state index in [2.05, 4.69) is 24.8 Å². The maximum atomic E-state index is 4.61. The number of thiol groups is 1. The van der Waals surface area contributed by atoms with E-state index in [0.717, 1.165) is 0 Å². The second-order valence-electron chi connectivity index (χ2n) is 8.31. The zero-order valence-corrected chi connectivity index (χ0v) is 14.4. The molecule has 7 saturated carbocycles. The minimum atomic E-state index is 0. The van der Waals surface area contributed by atoms with Crippen molar-refractivity contribution in [2.24, 2.45) is 47.3 Å². The summed E-state index contributed by atoms with van der Waals surface area (Å²) in [5.41, 5.74) is 0. The average Bonchev–Trinajstić information content (AvgIpc) is 2.44. The fourth-order valence-electron chi connectivity index (χ4n) is 6.89. The third-order valence-corrected chi connectivity index (χ3v) is 8.08. The first kappa shape index (κ1) is 17.7. The Hall–Kier alpha value is 1.88. The van der Waals surface area contributed by atoms with Crippen LogP contribution in [0, 0.1) is 47.3 Å². The molecule has 0 radical (unpaired) electrons. The van der Waals surface area contributed by atoms with E-state index in [1.807, 2.05) is 14.1 Å². The second kappa shape index (κ2) is 6.65. The first-order valence-corrected chi connectivity index (χ1v) is 9.30. The van der Waals surface area contributed by atoms with Crippen molar-refractivity contribution < 1.29 is 0 Å². The van der Waals surface area contributed by atoms with E-state index in [-0.39, 0.29) is 51.4 Å². The van der Waals surface area contributed by atoms with Gasteiger partial charge in [-0.3, -0.25) is 0 Å². The Morgan fingerprint density at radius 2 is 0.952 bits per heavy atom. The quantitative estimate of drug-likeness (QED) is 0.405. The normalized spacial score (nSPS) is 50.2. The Bertz CT molecular complexity index is 337. The molecule has 7 fully saturated rings. The Morgan fingerprint density at radius 3 is 1.10 bits per heavy atom. The third-order valence-electron chi connectivity index (χ3n) is 7.32. The van der Waals surface area contributed by atoms with Crippen molar-refractivity contribution in [3.8, 4) is 0 Å². The molecule has 0 aromatic heterocycles. The van der Waals surface area contributed by atoms with Crippen LogP contribution >= 0.6 is 24.8 Å². The molecule has 4 heteroatoms.